The van der Waals surface area contributed by atoms with Crippen molar-refractivity contribution in [2.24, 2.45) is 0 Å². The predicted octanol–water partition coefficient (Wildman–Crippen LogP) is 3.26. The van der Waals surface area contributed by atoms with Crippen molar-refractivity contribution in [2.75, 3.05) is 25.0 Å². The first-order valence-corrected chi connectivity index (χ1v) is 6.32. The van der Waals surface area contributed by atoms with Crippen LogP contribution in [0.4, 0.5) is 14.5 Å². The molecule has 96 valence electrons. The Bertz CT molecular complexity index is 358. The van der Waals surface area contributed by atoms with Crippen LogP contribution in [0.5, 0.6) is 0 Å². The molecule has 0 aliphatic heterocycles. The molecule has 0 saturated heterocycles. The zero-order valence-electron chi connectivity index (χ0n) is 10.0. The molecule has 5 heteroatoms. The Labute approximate surface area is 109 Å². The van der Waals surface area contributed by atoms with Crippen molar-refractivity contribution < 1.29 is 8.78 Å². The molecule has 0 aliphatic carbocycles. The van der Waals surface area contributed by atoms with Crippen molar-refractivity contribution in [1.82, 2.24) is 5.32 Å². The fraction of sp³-hybridized carbons (Fsp3) is 0.500. The van der Waals surface area contributed by atoms with Crippen molar-refractivity contribution in [3.8, 4) is 0 Å². The van der Waals surface area contributed by atoms with Crippen LogP contribution in [0.25, 0.3) is 0 Å². The lowest BCUT2D eigenvalue weighted by Gasteiger charge is -2.19. The van der Waals surface area contributed by atoms with Crippen LogP contribution in [0.2, 0.25) is 0 Å². The van der Waals surface area contributed by atoms with Crippen LogP contribution in [-0.2, 0) is 6.54 Å². The van der Waals surface area contributed by atoms with Gasteiger partial charge >= 0.3 is 0 Å². The SMILES string of the molecule is CCNCc1ccc(N(C)CC(F)F)cc1Br. The van der Waals surface area contributed by atoms with Gasteiger partial charge in [0.15, 0.2) is 0 Å². The molecule has 0 bridgehead atoms. The van der Waals surface area contributed by atoms with Gasteiger partial charge in [0.05, 0.1) is 6.54 Å². The summed E-state index contributed by atoms with van der Waals surface area (Å²) in [7, 11) is 1.66. The third-order valence-corrected chi connectivity index (χ3v) is 3.19. The number of alkyl halides is 2. The summed E-state index contributed by atoms with van der Waals surface area (Å²) >= 11 is 3.46. The quantitative estimate of drug-likeness (QED) is 0.868. The van der Waals surface area contributed by atoms with Crippen molar-refractivity contribution in [1.29, 1.82) is 0 Å². The second kappa shape index (κ2) is 6.91. The van der Waals surface area contributed by atoms with Crippen LogP contribution < -0.4 is 10.2 Å². The Morgan fingerprint density at radius 3 is 2.65 bits per heavy atom. The molecular formula is C12H17BrF2N2. The zero-order valence-corrected chi connectivity index (χ0v) is 11.6. The van der Waals surface area contributed by atoms with Crippen molar-refractivity contribution in [3.63, 3.8) is 0 Å². The van der Waals surface area contributed by atoms with Crippen LogP contribution in [0.3, 0.4) is 0 Å². The van der Waals surface area contributed by atoms with Gasteiger partial charge in [-0.3, -0.25) is 0 Å². The summed E-state index contributed by atoms with van der Waals surface area (Å²) in [6.45, 7) is 3.47. The molecule has 0 spiro atoms. The van der Waals surface area contributed by atoms with E-state index in [0.717, 1.165) is 28.8 Å². The van der Waals surface area contributed by atoms with Gasteiger partial charge in [-0.2, -0.15) is 0 Å². The Balaban J connectivity index is 2.73. The predicted molar refractivity (Wildman–Crippen MR) is 70.8 cm³/mol. The van der Waals surface area contributed by atoms with Crippen LogP contribution in [0, 0.1) is 0 Å². The molecule has 1 aromatic rings. The van der Waals surface area contributed by atoms with E-state index in [9.17, 15) is 8.78 Å². The Kier molecular flexibility index (Phi) is 5.85. The molecular weight excluding hydrogens is 290 g/mol. The van der Waals surface area contributed by atoms with Gasteiger partial charge in [-0.1, -0.05) is 28.9 Å². The summed E-state index contributed by atoms with van der Waals surface area (Å²) in [6.07, 6.45) is -2.32. The van der Waals surface area contributed by atoms with Gasteiger partial charge in [0, 0.05) is 23.8 Å². The first-order valence-electron chi connectivity index (χ1n) is 5.53. The second-order valence-electron chi connectivity index (χ2n) is 3.83. The highest BCUT2D eigenvalue weighted by atomic mass is 79.9. The number of nitrogens with zero attached hydrogens (tertiary/aromatic N) is 1. The van der Waals surface area contributed by atoms with Gasteiger partial charge < -0.3 is 10.2 Å². The highest BCUT2D eigenvalue weighted by Gasteiger charge is 2.09. The molecule has 0 amide bonds. The molecule has 0 aromatic heterocycles. The molecule has 1 N–H and O–H groups in total. The van der Waals surface area contributed by atoms with Crippen molar-refractivity contribution >= 4 is 21.6 Å². The van der Waals surface area contributed by atoms with E-state index in [4.69, 9.17) is 0 Å². The van der Waals surface area contributed by atoms with E-state index >= 15 is 0 Å². The lowest BCUT2D eigenvalue weighted by molar-refractivity contribution is 0.156. The lowest BCUT2D eigenvalue weighted by atomic mass is 10.2. The van der Waals surface area contributed by atoms with E-state index < -0.39 is 6.43 Å². The minimum atomic E-state index is -2.32. The minimum absolute atomic E-state index is 0.251. The third kappa shape index (κ3) is 4.60. The standard InChI is InChI=1S/C12H17BrF2N2/c1-3-16-7-9-4-5-10(6-11(9)13)17(2)8-12(14)15/h4-6,12,16H,3,7-8H2,1-2H3. The molecule has 1 rings (SSSR count). The third-order valence-electron chi connectivity index (χ3n) is 2.45. The molecule has 17 heavy (non-hydrogen) atoms. The number of halogens is 3. The van der Waals surface area contributed by atoms with Crippen LogP contribution in [0.1, 0.15) is 12.5 Å². The Morgan fingerprint density at radius 2 is 2.12 bits per heavy atom. The highest BCUT2D eigenvalue weighted by molar-refractivity contribution is 9.10. The number of nitrogens with one attached hydrogen (secondary N) is 1. The van der Waals surface area contributed by atoms with E-state index in [1.165, 1.54) is 0 Å². The molecule has 0 saturated carbocycles. The van der Waals surface area contributed by atoms with Gasteiger partial charge in [-0.05, 0) is 24.2 Å². The van der Waals surface area contributed by atoms with Crippen LogP contribution in [0.15, 0.2) is 22.7 Å². The van der Waals surface area contributed by atoms with E-state index in [2.05, 4.69) is 21.2 Å². The normalized spacial score (nSPS) is 10.9. The summed E-state index contributed by atoms with van der Waals surface area (Å²) in [6, 6.07) is 5.68. The fourth-order valence-corrected chi connectivity index (χ4v) is 2.00. The Hall–Kier alpha value is -0.680. The number of benzene rings is 1. The molecule has 0 radical (unpaired) electrons. The molecule has 2 nitrogen and oxygen atoms in total. The molecule has 1 aromatic carbocycles. The number of hydrogen-bond acceptors (Lipinski definition) is 2. The fourth-order valence-electron chi connectivity index (χ4n) is 1.49. The van der Waals surface area contributed by atoms with E-state index in [-0.39, 0.29) is 6.54 Å². The van der Waals surface area contributed by atoms with Gasteiger partial charge in [-0.15, -0.1) is 0 Å². The van der Waals surface area contributed by atoms with E-state index in [1.807, 2.05) is 25.1 Å². The summed E-state index contributed by atoms with van der Waals surface area (Å²) < 4.78 is 25.4. The molecule has 0 fully saturated rings. The van der Waals surface area contributed by atoms with E-state index in [1.54, 1.807) is 11.9 Å². The molecule has 0 aliphatic rings. The van der Waals surface area contributed by atoms with Gasteiger partial charge in [0.2, 0.25) is 0 Å². The van der Waals surface area contributed by atoms with E-state index in [0.29, 0.717) is 0 Å². The maximum atomic E-state index is 12.3. The van der Waals surface area contributed by atoms with Crippen LogP contribution >= 0.6 is 15.9 Å². The summed E-state index contributed by atoms with van der Waals surface area (Å²) in [5, 5.41) is 3.22. The second-order valence-corrected chi connectivity index (χ2v) is 4.68. The maximum Gasteiger partial charge on any atom is 0.255 e. The first kappa shape index (κ1) is 14.4. The molecule has 0 unspecified atom stereocenters. The maximum absolute atomic E-state index is 12.3. The number of rotatable bonds is 6. The Morgan fingerprint density at radius 1 is 1.41 bits per heavy atom. The van der Waals surface area contributed by atoms with Crippen LogP contribution in [-0.4, -0.2) is 26.6 Å². The smallest absolute Gasteiger partial charge is 0.255 e. The highest BCUT2D eigenvalue weighted by Crippen LogP contribution is 2.24. The largest absolute Gasteiger partial charge is 0.369 e. The minimum Gasteiger partial charge on any atom is -0.369 e. The first-order chi connectivity index (χ1) is 8.04. The average molecular weight is 307 g/mol. The van der Waals surface area contributed by atoms with Gasteiger partial charge in [-0.25, -0.2) is 8.78 Å². The topological polar surface area (TPSA) is 15.3 Å². The molecule has 0 heterocycles. The molecule has 0 atom stereocenters. The zero-order chi connectivity index (χ0) is 12.8. The summed E-state index contributed by atoms with van der Waals surface area (Å²) in [4.78, 5) is 1.55. The van der Waals surface area contributed by atoms with Gasteiger partial charge in [0.1, 0.15) is 0 Å². The van der Waals surface area contributed by atoms with Crippen molar-refractivity contribution in [2.45, 2.75) is 19.9 Å². The summed E-state index contributed by atoms with van der Waals surface area (Å²) in [5.74, 6) is 0. The number of anilines is 1. The monoisotopic (exact) mass is 306 g/mol. The van der Waals surface area contributed by atoms with Crippen molar-refractivity contribution in [3.05, 3.63) is 28.2 Å². The lowest BCUT2D eigenvalue weighted by Crippen LogP contribution is -2.24. The summed E-state index contributed by atoms with van der Waals surface area (Å²) in [5.41, 5.74) is 1.92. The average Bonchev–Trinajstić information content (AvgIpc) is 2.26. The van der Waals surface area contributed by atoms with Gasteiger partial charge in [0.25, 0.3) is 6.43 Å². The number of hydrogen-bond donors (Lipinski definition) is 1.